The number of hydrogen-bond donors (Lipinski definition) is 3. The van der Waals surface area contributed by atoms with E-state index < -0.39 is 15.9 Å². The highest BCUT2D eigenvalue weighted by molar-refractivity contribution is 7.85. The predicted molar refractivity (Wildman–Crippen MR) is 144 cm³/mol. The number of amides is 1. The second-order valence-electron chi connectivity index (χ2n) is 13.8. The van der Waals surface area contributed by atoms with Crippen LogP contribution in [-0.2, 0) is 14.9 Å². The summed E-state index contributed by atoms with van der Waals surface area (Å²) in [6.07, 6.45) is 11.4. The van der Waals surface area contributed by atoms with Crippen molar-refractivity contribution >= 4 is 16.0 Å². The van der Waals surface area contributed by atoms with Gasteiger partial charge in [-0.2, -0.15) is 8.42 Å². The topological polar surface area (TPSA) is 115 Å². The third-order valence-electron chi connectivity index (χ3n) is 12.0. The van der Waals surface area contributed by atoms with E-state index in [0.717, 1.165) is 44.9 Å². The van der Waals surface area contributed by atoms with Crippen molar-refractivity contribution in [2.24, 2.45) is 46.3 Å². The molecule has 1 amide bonds. The van der Waals surface area contributed by atoms with Crippen molar-refractivity contribution in [3.05, 3.63) is 0 Å². The minimum Gasteiger partial charge on any atom is -0.393 e. The smallest absolute Gasteiger partial charge is 0.266 e. The fraction of sp³-hybridized carbons (Fsp3) is 0.966. The number of hydrogen-bond acceptors (Lipinski definition) is 5. The molecule has 10 atom stereocenters. The minimum absolute atomic E-state index is 0.00611. The van der Waals surface area contributed by atoms with Crippen molar-refractivity contribution in [1.29, 1.82) is 0 Å². The Morgan fingerprint density at radius 3 is 2.30 bits per heavy atom. The minimum atomic E-state index is -4.09. The van der Waals surface area contributed by atoms with Gasteiger partial charge in [0, 0.05) is 20.0 Å². The van der Waals surface area contributed by atoms with Gasteiger partial charge in [0.25, 0.3) is 10.1 Å². The van der Waals surface area contributed by atoms with Gasteiger partial charge in [-0.25, -0.2) is 0 Å². The normalized spacial score (nSPS) is 43.1. The number of carbonyl (C=O) groups is 1. The maximum Gasteiger partial charge on any atom is 0.266 e. The molecular formula is C29H51NO6S. The number of rotatable bonds is 7. The first-order valence-electron chi connectivity index (χ1n) is 14.8. The second-order valence-corrected chi connectivity index (χ2v) is 15.3. The number of nitrogens with zero attached hydrogens (tertiary/aromatic N) is 1. The zero-order valence-corrected chi connectivity index (χ0v) is 24.3. The Kier molecular flexibility index (Phi) is 8.75. The molecule has 214 valence electrons. The Morgan fingerprint density at radius 1 is 1.00 bits per heavy atom. The third-order valence-corrected chi connectivity index (χ3v) is 12.7. The third kappa shape index (κ3) is 5.92. The van der Waals surface area contributed by atoms with Gasteiger partial charge in [0.1, 0.15) is 0 Å². The van der Waals surface area contributed by atoms with Gasteiger partial charge >= 0.3 is 0 Å². The van der Waals surface area contributed by atoms with Crippen molar-refractivity contribution in [3.63, 3.8) is 0 Å². The molecule has 0 unspecified atom stereocenters. The van der Waals surface area contributed by atoms with Gasteiger partial charge in [0.05, 0.1) is 18.0 Å². The van der Waals surface area contributed by atoms with Crippen LogP contribution in [-0.4, -0.2) is 65.5 Å². The lowest BCUT2D eigenvalue weighted by atomic mass is 9.50. The lowest BCUT2D eigenvalue weighted by molar-refractivity contribution is -0.131. The molecule has 4 aliphatic rings. The van der Waals surface area contributed by atoms with E-state index in [0.29, 0.717) is 41.9 Å². The highest BCUT2D eigenvalue weighted by Gasteiger charge is 2.58. The van der Waals surface area contributed by atoms with Gasteiger partial charge < -0.3 is 15.1 Å². The van der Waals surface area contributed by atoms with E-state index in [9.17, 15) is 23.4 Å². The van der Waals surface area contributed by atoms with Crippen LogP contribution in [0.5, 0.6) is 0 Å². The number of fused-ring (bicyclic) bond motifs is 7. The summed E-state index contributed by atoms with van der Waals surface area (Å²) in [5.41, 5.74) is 0.0488. The quantitative estimate of drug-likeness (QED) is 0.408. The molecule has 2 bridgehead atoms. The molecule has 3 N–H and O–H groups in total. The van der Waals surface area contributed by atoms with Crippen molar-refractivity contribution in [3.8, 4) is 0 Å². The molecule has 0 aromatic carbocycles. The average molecular weight is 542 g/mol. The van der Waals surface area contributed by atoms with E-state index in [1.165, 1.54) is 30.6 Å². The molecule has 4 saturated carbocycles. The van der Waals surface area contributed by atoms with Crippen LogP contribution in [0.25, 0.3) is 0 Å². The van der Waals surface area contributed by atoms with Gasteiger partial charge in [-0.05, 0) is 117 Å². The molecule has 0 heterocycles. The van der Waals surface area contributed by atoms with Crippen LogP contribution in [0.3, 0.4) is 0 Å². The predicted octanol–water partition coefficient (Wildman–Crippen LogP) is 4.52. The summed E-state index contributed by atoms with van der Waals surface area (Å²) in [5, 5.41) is 22.4. The van der Waals surface area contributed by atoms with Gasteiger partial charge in [0.2, 0.25) is 5.91 Å². The maximum atomic E-state index is 12.7. The lowest BCUT2D eigenvalue weighted by Crippen LogP contribution is -2.52. The fourth-order valence-corrected chi connectivity index (χ4v) is 10.0. The van der Waals surface area contributed by atoms with Gasteiger partial charge in [0.15, 0.2) is 0 Å². The summed E-state index contributed by atoms with van der Waals surface area (Å²) in [7, 11) is -2.50. The molecule has 0 aromatic rings. The number of aliphatic hydroxyl groups excluding tert-OH is 2. The highest BCUT2D eigenvalue weighted by Crippen LogP contribution is 2.63. The molecule has 0 spiro atoms. The van der Waals surface area contributed by atoms with Crippen molar-refractivity contribution in [2.75, 3.05) is 19.3 Å². The average Bonchev–Trinajstić information content (AvgIpc) is 3.17. The van der Waals surface area contributed by atoms with E-state index in [-0.39, 0.29) is 35.5 Å². The van der Waals surface area contributed by atoms with Crippen LogP contribution in [0.1, 0.15) is 97.8 Å². The summed E-state index contributed by atoms with van der Waals surface area (Å²) in [4.78, 5) is 14.1. The molecule has 8 heteroatoms. The standard InChI is InChI=1S/C29H51NO6S/c1-19(5-12-27(33)30(4)15-16-37(34,35)36)24-10-11-25-20-6-8-21-17-23(31)13-14-28(21,2)22(9-7-20)18-26(32)29(24,25)3/h19-26,31-32H,5-18H2,1-4H3,(H,34,35,36)/t19-,20+,21-,22-,23-,24-,25+,26+,28+,29-/m1/s1. The van der Waals surface area contributed by atoms with Gasteiger partial charge in [-0.15, -0.1) is 0 Å². The van der Waals surface area contributed by atoms with Crippen LogP contribution in [0.4, 0.5) is 0 Å². The van der Waals surface area contributed by atoms with E-state index in [1.54, 1.807) is 7.05 Å². The van der Waals surface area contributed by atoms with Crippen LogP contribution in [0.15, 0.2) is 0 Å². The molecule has 4 fully saturated rings. The summed E-state index contributed by atoms with van der Waals surface area (Å²) in [5.74, 6) is 2.29. The molecule has 0 radical (unpaired) electrons. The molecule has 7 nitrogen and oxygen atoms in total. The Morgan fingerprint density at radius 2 is 1.65 bits per heavy atom. The first kappa shape index (κ1) is 29.3. The number of aliphatic hydroxyl groups is 2. The fourth-order valence-electron chi connectivity index (χ4n) is 9.51. The lowest BCUT2D eigenvalue weighted by Gasteiger charge is -2.56. The first-order chi connectivity index (χ1) is 17.3. The van der Waals surface area contributed by atoms with Crippen LogP contribution in [0, 0.1) is 46.3 Å². The van der Waals surface area contributed by atoms with E-state index in [4.69, 9.17) is 4.55 Å². The molecule has 0 saturated heterocycles. The van der Waals surface area contributed by atoms with Crippen molar-refractivity contribution in [1.82, 2.24) is 4.90 Å². The van der Waals surface area contributed by atoms with Crippen LogP contribution >= 0.6 is 0 Å². The molecular weight excluding hydrogens is 490 g/mol. The Bertz CT molecular complexity index is 925. The summed E-state index contributed by atoms with van der Waals surface area (Å²) in [6.45, 7) is 7.01. The van der Waals surface area contributed by atoms with Crippen LogP contribution < -0.4 is 0 Å². The van der Waals surface area contributed by atoms with Gasteiger partial charge in [-0.1, -0.05) is 20.8 Å². The maximum absolute atomic E-state index is 12.7. The Labute approximate surface area is 224 Å². The monoisotopic (exact) mass is 541 g/mol. The Hall–Kier alpha value is -0.700. The molecule has 0 aliphatic heterocycles. The zero-order valence-electron chi connectivity index (χ0n) is 23.4. The molecule has 37 heavy (non-hydrogen) atoms. The summed E-state index contributed by atoms with van der Waals surface area (Å²) < 4.78 is 31.1. The Balaban J connectivity index is 1.47. The zero-order chi connectivity index (χ0) is 27.2. The molecule has 4 aliphatic carbocycles. The summed E-state index contributed by atoms with van der Waals surface area (Å²) >= 11 is 0. The first-order valence-corrected chi connectivity index (χ1v) is 16.4. The SMILES string of the molecule is C[C@H](CCC(=O)N(C)CCS(=O)(=O)O)[C@H]1CC[C@H]2[C@H]3CC[C@@H]4C[C@H](O)CC[C@]4(C)[C@H](CC3)C[C@H](O)[C@]12C. The number of carbonyl (C=O) groups excluding carboxylic acids is 1. The highest BCUT2D eigenvalue weighted by atomic mass is 32.2. The van der Waals surface area contributed by atoms with E-state index >= 15 is 0 Å². The van der Waals surface area contributed by atoms with Crippen molar-refractivity contribution < 1.29 is 28.0 Å². The largest absolute Gasteiger partial charge is 0.393 e. The van der Waals surface area contributed by atoms with Crippen molar-refractivity contribution in [2.45, 2.75) is 110 Å². The van der Waals surface area contributed by atoms with E-state index in [1.807, 2.05) is 0 Å². The molecule has 0 aromatic heterocycles. The summed E-state index contributed by atoms with van der Waals surface area (Å²) in [6, 6.07) is 0. The van der Waals surface area contributed by atoms with E-state index in [2.05, 4.69) is 20.8 Å². The van der Waals surface area contributed by atoms with Gasteiger partial charge in [-0.3, -0.25) is 9.35 Å². The van der Waals surface area contributed by atoms with Crippen LogP contribution in [0.2, 0.25) is 0 Å². The second kappa shape index (κ2) is 11.1. The molecule has 4 rings (SSSR count).